The average molecular weight is 300 g/mol. The first-order chi connectivity index (χ1) is 8.97. The van der Waals surface area contributed by atoms with E-state index in [2.05, 4.69) is 9.97 Å². The van der Waals surface area contributed by atoms with Crippen molar-refractivity contribution in [2.24, 2.45) is 0 Å². The molecule has 0 N–H and O–H groups in total. The van der Waals surface area contributed by atoms with Gasteiger partial charge in [0.15, 0.2) is 0 Å². The minimum absolute atomic E-state index is 0.00182. The molecule has 0 aliphatic rings. The smallest absolute Gasteiger partial charge is 0.272 e. The van der Waals surface area contributed by atoms with E-state index in [1.54, 1.807) is 6.92 Å². The van der Waals surface area contributed by atoms with Crippen LogP contribution in [-0.4, -0.2) is 14.9 Å². The van der Waals surface area contributed by atoms with Crippen molar-refractivity contribution in [2.75, 3.05) is 0 Å². The second kappa shape index (κ2) is 5.38. The van der Waals surface area contributed by atoms with Crippen molar-refractivity contribution in [3.8, 4) is 11.6 Å². The Kier molecular flexibility index (Phi) is 3.82. The summed E-state index contributed by atoms with van der Waals surface area (Å²) in [6, 6.07) is 4.32. The summed E-state index contributed by atoms with van der Waals surface area (Å²) in [5, 5.41) is 10.9. The minimum Gasteiger partial charge on any atom is -0.437 e. The Morgan fingerprint density at radius 3 is 2.74 bits per heavy atom. The van der Waals surface area contributed by atoms with Gasteiger partial charge in [-0.25, -0.2) is 4.98 Å². The third-order valence-electron chi connectivity index (χ3n) is 2.26. The van der Waals surface area contributed by atoms with E-state index in [9.17, 15) is 10.1 Å². The highest BCUT2D eigenvalue weighted by molar-refractivity contribution is 6.32. The molecule has 1 aromatic carbocycles. The molecule has 98 valence electrons. The SMILES string of the molecule is Cc1cc(Oc2nc(Cl)ncc2Cl)ccc1[N+](=O)[O-]. The number of nitro benzene ring substituents is 1. The van der Waals surface area contributed by atoms with Crippen LogP contribution in [0.2, 0.25) is 10.3 Å². The van der Waals surface area contributed by atoms with Crippen LogP contribution < -0.4 is 4.74 Å². The van der Waals surface area contributed by atoms with Crippen molar-refractivity contribution in [1.29, 1.82) is 0 Å². The molecule has 0 saturated carbocycles. The number of hydrogen-bond donors (Lipinski definition) is 0. The molecular weight excluding hydrogens is 293 g/mol. The molecule has 1 aromatic heterocycles. The maximum absolute atomic E-state index is 10.7. The van der Waals surface area contributed by atoms with Crippen LogP contribution in [0.4, 0.5) is 5.69 Å². The van der Waals surface area contributed by atoms with Gasteiger partial charge < -0.3 is 4.74 Å². The van der Waals surface area contributed by atoms with Crippen molar-refractivity contribution in [1.82, 2.24) is 9.97 Å². The van der Waals surface area contributed by atoms with Crippen LogP contribution in [0.5, 0.6) is 11.6 Å². The van der Waals surface area contributed by atoms with Crippen LogP contribution in [0.1, 0.15) is 5.56 Å². The van der Waals surface area contributed by atoms with Gasteiger partial charge in [0.2, 0.25) is 11.2 Å². The van der Waals surface area contributed by atoms with Gasteiger partial charge >= 0.3 is 0 Å². The molecule has 0 fully saturated rings. The Morgan fingerprint density at radius 2 is 2.11 bits per heavy atom. The van der Waals surface area contributed by atoms with E-state index in [-0.39, 0.29) is 21.9 Å². The first-order valence-corrected chi connectivity index (χ1v) is 5.84. The minimum atomic E-state index is -0.465. The molecule has 0 spiro atoms. The largest absolute Gasteiger partial charge is 0.437 e. The van der Waals surface area contributed by atoms with E-state index in [1.165, 1.54) is 24.4 Å². The Labute approximate surface area is 118 Å². The van der Waals surface area contributed by atoms with Gasteiger partial charge in [-0.3, -0.25) is 10.1 Å². The fraction of sp³-hybridized carbons (Fsp3) is 0.0909. The van der Waals surface area contributed by atoms with Gasteiger partial charge in [-0.1, -0.05) is 11.6 Å². The summed E-state index contributed by atoms with van der Waals surface area (Å²) >= 11 is 11.5. The van der Waals surface area contributed by atoms with E-state index >= 15 is 0 Å². The summed E-state index contributed by atoms with van der Waals surface area (Å²) in [6.45, 7) is 1.61. The summed E-state index contributed by atoms with van der Waals surface area (Å²) in [7, 11) is 0. The van der Waals surface area contributed by atoms with Crippen LogP contribution in [0.3, 0.4) is 0 Å². The van der Waals surface area contributed by atoms with Crippen molar-refractivity contribution in [3.63, 3.8) is 0 Å². The lowest BCUT2D eigenvalue weighted by Gasteiger charge is -2.07. The number of benzene rings is 1. The van der Waals surface area contributed by atoms with Crippen molar-refractivity contribution < 1.29 is 9.66 Å². The lowest BCUT2D eigenvalue weighted by atomic mass is 10.2. The quantitative estimate of drug-likeness (QED) is 0.489. The van der Waals surface area contributed by atoms with Gasteiger partial charge in [-0.05, 0) is 30.7 Å². The molecule has 19 heavy (non-hydrogen) atoms. The molecule has 0 unspecified atom stereocenters. The molecule has 2 aromatic rings. The highest BCUT2D eigenvalue weighted by atomic mass is 35.5. The number of rotatable bonds is 3. The van der Waals surface area contributed by atoms with E-state index in [0.717, 1.165) is 0 Å². The fourth-order valence-electron chi connectivity index (χ4n) is 1.41. The van der Waals surface area contributed by atoms with Gasteiger partial charge in [0.25, 0.3) is 5.69 Å². The summed E-state index contributed by atoms with van der Waals surface area (Å²) in [5.41, 5.74) is 0.484. The molecule has 0 atom stereocenters. The molecular formula is C11H7Cl2N3O3. The summed E-state index contributed by atoms with van der Waals surface area (Å²) < 4.78 is 5.42. The topological polar surface area (TPSA) is 78.2 Å². The summed E-state index contributed by atoms with van der Waals surface area (Å²) in [5.74, 6) is 0.467. The van der Waals surface area contributed by atoms with Crippen LogP contribution in [0, 0.1) is 17.0 Å². The standard InChI is InChI=1S/C11H7Cl2N3O3/c1-6-4-7(2-3-9(6)16(17)18)19-10-8(12)5-14-11(13)15-10/h2-5H,1H3. The number of hydrogen-bond acceptors (Lipinski definition) is 5. The molecule has 0 aliphatic heterocycles. The molecule has 0 saturated heterocycles. The molecule has 2 rings (SSSR count). The van der Waals surface area contributed by atoms with E-state index in [0.29, 0.717) is 11.3 Å². The predicted molar refractivity (Wildman–Crippen MR) is 70.0 cm³/mol. The Morgan fingerprint density at radius 1 is 1.37 bits per heavy atom. The summed E-state index contributed by atoms with van der Waals surface area (Å²) in [6.07, 6.45) is 1.31. The summed E-state index contributed by atoms with van der Waals surface area (Å²) in [4.78, 5) is 17.7. The van der Waals surface area contributed by atoms with Crippen LogP contribution >= 0.6 is 23.2 Å². The number of nitrogens with zero attached hydrogens (tertiary/aromatic N) is 3. The number of aryl methyl sites for hydroxylation is 1. The third kappa shape index (κ3) is 3.10. The second-order valence-electron chi connectivity index (χ2n) is 3.60. The first-order valence-electron chi connectivity index (χ1n) is 5.08. The Balaban J connectivity index is 2.31. The molecule has 0 aliphatic carbocycles. The second-order valence-corrected chi connectivity index (χ2v) is 4.34. The number of halogens is 2. The molecule has 0 bridgehead atoms. The highest BCUT2D eigenvalue weighted by Gasteiger charge is 2.12. The van der Waals surface area contributed by atoms with Crippen LogP contribution in [-0.2, 0) is 0 Å². The van der Waals surface area contributed by atoms with Crippen molar-refractivity contribution in [2.45, 2.75) is 6.92 Å². The number of aromatic nitrogens is 2. The monoisotopic (exact) mass is 299 g/mol. The fourth-order valence-corrected chi connectivity index (χ4v) is 1.67. The van der Waals surface area contributed by atoms with Crippen molar-refractivity contribution in [3.05, 3.63) is 50.4 Å². The van der Waals surface area contributed by atoms with Crippen LogP contribution in [0.25, 0.3) is 0 Å². The van der Waals surface area contributed by atoms with E-state index in [1.807, 2.05) is 0 Å². The molecule has 1 heterocycles. The number of ether oxygens (including phenoxy) is 1. The van der Waals surface area contributed by atoms with Gasteiger partial charge in [0.1, 0.15) is 10.8 Å². The average Bonchev–Trinajstić information content (AvgIpc) is 2.33. The van der Waals surface area contributed by atoms with E-state index < -0.39 is 4.92 Å². The predicted octanol–water partition coefficient (Wildman–Crippen LogP) is 3.79. The zero-order valence-electron chi connectivity index (χ0n) is 9.63. The van der Waals surface area contributed by atoms with Gasteiger partial charge in [0.05, 0.1) is 11.1 Å². The zero-order valence-corrected chi connectivity index (χ0v) is 11.1. The third-order valence-corrected chi connectivity index (χ3v) is 2.70. The zero-order chi connectivity index (χ0) is 14.0. The Hall–Kier alpha value is -1.92. The first kappa shape index (κ1) is 13.5. The maximum atomic E-state index is 10.7. The lowest BCUT2D eigenvalue weighted by Crippen LogP contribution is -1.94. The van der Waals surface area contributed by atoms with Crippen molar-refractivity contribution >= 4 is 28.9 Å². The highest BCUT2D eigenvalue weighted by Crippen LogP contribution is 2.30. The lowest BCUT2D eigenvalue weighted by molar-refractivity contribution is -0.385. The van der Waals surface area contributed by atoms with Gasteiger partial charge in [-0.2, -0.15) is 4.98 Å². The Bertz CT molecular complexity index is 649. The molecule has 6 nitrogen and oxygen atoms in total. The molecule has 8 heteroatoms. The van der Waals surface area contributed by atoms with E-state index in [4.69, 9.17) is 27.9 Å². The van der Waals surface area contributed by atoms with Crippen LogP contribution in [0.15, 0.2) is 24.4 Å². The maximum Gasteiger partial charge on any atom is 0.272 e. The van der Waals surface area contributed by atoms with Gasteiger partial charge in [0, 0.05) is 11.6 Å². The normalized spacial score (nSPS) is 10.3. The van der Waals surface area contributed by atoms with Gasteiger partial charge in [-0.15, -0.1) is 0 Å². The molecule has 0 amide bonds. The number of nitro groups is 1. The molecule has 0 radical (unpaired) electrons.